The van der Waals surface area contributed by atoms with E-state index in [4.69, 9.17) is 0 Å². The Hall–Kier alpha value is -0.730. The normalized spacial score (nSPS) is 10.0. The van der Waals surface area contributed by atoms with Crippen molar-refractivity contribution in [1.82, 2.24) is 10.6 Å². The molecule has 0 saturated heterocycles. The van der Waals surface area contributed by atoms with Crippen LogP contribution in [0.2, 0.25) is 0 Å². The molecule has 90 valence electrons. The molecule has 0 saturated carbocycles. The van der Waals surface area contributed by atoms with E-state index in [2.05, 4.69) is 24.5 Å². The minimum absolute atomic E-state index is 0.0115. The van der Waals surface area contributed by atoms with Crippen molar-refractivity contribution < 1.29 is 4.79 Å². The highest BCUT2D eigenvalue weighted by Crippen LogP contribution is 1.96. The predicted octanol–water partition coefficient (Wildman–Crippen LogP) is 3.06. The summed E-state index contributed by atoms with van der Waals surface area (Å²) in [5.41, 5.74) is 0. The Morgan fingerprint density at radius 3 is 1.80 bits per heavy atom. The number of carbonyl (C=O) groups is 1. The van der Waals surface area contributed by atoms with Crippen molar-refractivity contribution in [3.05, 3.63) is 0 Å². The lowest BCUT2D eigenvalue weighted by Crippen LogP contribution is -2.36. The van der Waals surface area contributed by atoms with E-state index >= 15 is 0 Å². The summed E-state index contributed by atoms with van der Waals surface area (Å²) < 4.78 is 0. The van der Waals surface area contributed by atoms with Gasteiger partial charge in [0, 0.05) is 13.1 Å². The molecule has 0 atom stereocenters. The van der Waals surface area contributed by atoms with Gasteiger partial charge in [0.1, 0.15) is 0 Å². The summed E-state index contributed by atoms with van der Waals surface area (Å²) in [6, 6.07) is -0.0115. The van der Waals surface area contributed by atoms with E-state index in [9.17, 15) is 4.79 Å². The number of carbonyl (C=O) groups excluding carboxylic acids is 1. The van der Waals surface area contributed by atoms with Crippen molar-refractivity contribution in [2.45, 2.75) is 58.8 Å². The molecule has 0 bridgehead atoms. The van der Waals surface area contributed by atoms with E-state index < -0.39 is 0 Å². The zero-order valence-electron chi connectivity index (χ0n) is 10.3. The van der Waals surface area contributed by atoms with Gasteiger partial charge in [-0.1, -0.05) is 46.0 Å². The average Bonchev–Trinajstić information content (AvgIpc) is 2.24. The van der Waals surface area contributed by atoms with E-state index in [-0.39, 0.29) is 6.03 Å². The van der Waals surface area contributed by atoms with Crippen LogP contribution < -0.4 is 10.6 Å². The molecule has 2 amide bonds. The molecule has 0 fully saturated rings. The molecule has 0 unspecified atom stereocenters. The number of amides is 2. The first-order valence-corrected chi connectivity index (χ1v) is 6.33. The lowest BCUT2D eigenvalue weighted by Gasteiger charge is -2.06. The molecule has 0 rings (SSSR count). The Kier molecular flexibility index (Phi) is 10.8. The molecule has 3 nitrogen and oxygen atoms in total. The van der Waals surface area contributed by atoms with Gasteiger partial charge in [0.15, 0.2) is 0 Å². The van der Waals surface area contributed by atoms with Gasteiger partial charge >= 0.3 is 6.03 Å². The Balaban J connectivity index is 3.11. The molecular formula is C12H26N2O. The van der Waals surface area contributed by atoms with Crippen molar-refractivity contribution in [3.63, 3.8) is 0 Å². The van der Waals surface area contributed by atoms with Crippen molar-refractivity contribution in [1.29, 1.82) is 0 Å². The summed E-state index contributed by atoms with van der Waals surface area (Å²) >= 11 is 0. The summed E-state index contributed by atoms with van der Waals surface area (Å²) in [5, 5.41) is 5.73. The zero-order chi connectivity index (χ0) is 11.4. The molecule has 0 aromatic heterocycles. The topological polar surface area (TPSA) is 41.1 Å². The van der Waals surface area contributed by atoms with Crippen molar-refractivity contribution in [2.24, 2.45) is 0 Å². The first-order valence-electron chi connectivity index (χ1n) is 6.33. The van der Waals surface area contributed by atoms with Crippen molar-refractivity contribution in [3.8, 4) is 0 Å². The third-order valence-electron chi connectivity index (χ3n) is 2.38. The minimum Gasteiger partial charge on any atom is -0.338 e. The zero-order valence-corrected chi connectivity index (χ0v) is 10.3. The lowest BCUT2D eigenvalue weighted by atomic mass is 10.2. The van der Waals surface area contributed by atoms with Crippen LogP contribution in [0.4, 0.5) is 4.79 Å². The Labute approximate surface area is 94.0 Å². The first-order chi connectivity index (χ1) is 7.31. The summed E-state index contributed by atoms with van der Waals surface area (Å²) in [7, 11) is 0. The molecule has 0 aliphatic heterocycles. The molecular weight excluding hydrogens is 188 g/mol. The summed E-state index contributed by atoms with van der Waals surface area (Å²) in [6.45, 7) is 5.95. The van der Waals surface area contributed by atoms with Crippen molar-refractivity contribution in [2.75, 3.05) is 13.1 Å². The summed E-state index contributed by atoms with van der Waals surface area (Å²) in [4.78, 5) is 11.2. The fourth-order valence-electron chi connectivity index (χ4n) is 1.39. The Morgan fingerprint density at radius 1 is 0.800 bits per heavy atom. The predicted molar refractivity (Wildman–Crippen MR) is 65.1 cm³/mol. The fourth-order valence-corrected chi connectivity index (χ4v) is 1.39. The Morgan fingerprint density at radius 2 is 1.27 bits per heavy atom. The highest BCUT2D eigenvalue weighted by molar-refractivity contribution is 5.73. The number of urea groups is 1. The smallest absolute Gasteiger partial charge is 0.314 e. The van der Waals surface area contributed by atoms with Gasteiger partial charge in [0.25, 0.3) is 0 Å². The number of hydrogen-bond donors (Lipinski definition) is 2. The molecule has 0 aliphatic rings. The second kappa shape index (κ2) is 11.3. The van der Waals surface area contributed by atoms with Gasteiger partial charge < -0.3 is 10.6 Å². The highest BCUT2D eigenvalue weighted by atomic mass is 16.2. The molecule has 15 heavy (non-hydrogen) atoms. The van der Waals surface area contributed by atoms with Gasteiger partial charge in [-0.25, -0.2) is 4.79 Å². The van der Waals surface area contributed by atoms with Crippen LogP contribution in [0.3, 0.4) is 0 Å². The number of unbranched alkanes of at least 4 members (excludes halogenated alkanes) is 5. The van der Waals surface area contributed by atoms with Gasteiger partial charge in [-0.05, 0) is 12.8 Å². The van der Waals surface area contributed by atoms with Gasteiger partial charge in [0.2, 0.25) is 0 Å². The van der Waals surface area contributed by atoms with Gasteiger partial charge in [-0.15, -0.1) is 0 Å². The summed E-state index contributed by atoms with van der Waals surface area (Å²) in [5.74, 6) is 0. The van der Waals surface area contributed by atoms with E-state index in [1.807, 2.05) is 0 Å². The van der Waals surface area contributed by atoms with Crippen LogP contribution in [-0.2, 0) is 0 Å². The van der Waals surface area contributed by atoms with Gasteiger partial charge in [-0.2, -0.15) is 0 Å². The van der Waals surface area contributed by atoms with Crippen LogP contribution in [0, 0.1) is 0 Å². The van der Waals surface area contributed by atoms with Crippen LogP contribution in [0.1, 0.15) is 58.8 Å². The van der Waals surface area contributed by atoms with E-state index in [0.29, 0.717) is 0 Å². The molecule has 3 heteroatoms. The van der Waals surface area contributed by atoms with Crippen LogP contribution in [0.15, 0.2) is 0 Å². The van der Waals surface area contributed by atoms with Gasteiger partial charge in [-0.3, -0.25) is 0 Å². The molecule has 0 aliphatic carbocycles. The molecule has 2 N–H and O–H groups in total. The largest absolute Gasteiger partial charge is 0.338 e. The lowest BCUT2D eigenvalue weighted by molar-refractivity contribution is 0.240. The van der Waals surface area contributed by atoms with Crippen LogP contribution >= 0.6 is 0 Å². The van der Waals surface area contributed by atoms with Crippen LogP contribution in [0.25, 0.3) is 0 Å². The van der Waals surface area contributed by atoms with Crippen molar-refractivity contribution >= 4 is 6.03 Å². The molecule has 0 heterocycles. The van der Waals surface area contributed by atoms with Gasteiger partial charge in [0.05, 0.1) is 0 Å². The SMILES string of the molecule is CCCCCCNC(=O)NCCCCC. The standard InChI is InChI=1S/C12H26N2O/c1-3-5-7-9-11-14-12(15)13-10-8-6-4-2/h3-11H2,1-2H3,(H2,13,14,15). The molecule has 0 aromatic rings. The fraction of sp³-hybridized carbons (Fsp3) is 0.917. The average molecular weight is 214 g/mol. The third-order valence-corrected chi connectivity index (χ3v) is 2.38. The first kappa shape index (κ1) is 14.3. The van der Waals surface area contributed by atoms with Crippen LogP contribution in [0.5, 0.6) is 0 Å². The summed E-state index contributed by atoms with van der Waals surface area (Å²) in [6.07, 6.45) is 8.28. The second-order valence-electron chi connectivity index (χ2n) is 3.95. The molecule has 0 spiro atoms. The Bertz CT molecular complexity index is 149. The molecule has 0 aromatic carbocycles. The minimum atomic E-state index is -0.0115. The maximum Gasteiger partial charge on any atom is 0.314 e. The third kappa shape index (κ3) is 11.2. The van der Waals surface area contributed by atoms with E-state index in [1.54, 1.807) is 0 Å². The highest BCUT2D eigenvalue weighted by Gasteiger charge is 1.97. The number of hydrogen-bond acceptors (Lipinski definition) is 1. The second-order valence-corrected chi connectivity index (χ2v) is 3.95. The maximum absolute atomic E-state index is 11.2. The number of nitrogens with one attached hydrogen (secondary N) is 2. The maximum atomic E-state index is 11.2. The van der Waals surface area contributed by atoms with Crippen LogP contribution in [-0.4, -0.2) is 19.1 Å². The monoisotopic (exact) mass is 214 g/mol. The quantitative estimate of drug-likeness (QED) is 0.569. The van der Waals surface area contributed by atoms with E-state index in [0.717, 1.165) is 25.9 Å². The molecule has 0 radical (unpaired) electrons. The van der Waals surface area contributed by atoms with E-state index in [1.165, 1.54) is 32.1 Å². The number of rotatable bonds is 9.